The molecule has 7 heteroatoms. The first-order chi connectivity index (χ1) is 9.95. The Labute approximate surface area is 116 Å². The van der Waals surface area contributed by atoms with E-state index in [1.807, 2.05) is 0 Å². The number of hydrogen-bond donors (Lipinski definition) is 0. The van der Waals surface area contributed by atoms with Gasteiger partial charge in [0, 0.05) is 0 Å². The minimum absolute atomic E-state index is 0.359. The molecule has 0 bridgehead atoms. The van der Waals surface area contributed by atoms with Crippen LogP contribution in [0.3, 0.4) is 0 Å². The Morgan fingerprint density at radius 1 is 0.762 bits per heavy atom. The van der Waals surface area contributed by atoms with E-state index in [-0.39, 0.29) is 6.61 Å². The van der Waals surface area contributed by atoms with Crippen LogP contribution < -0.4 is 9.47 Å². The molecule has 2 aromatic rings. The molecule has 0 atom stereocenters. The van der Waals surface area contributed by atoms with E-state index in [1.165, 1.54) is 19.2 Å². The topological polar surface area (TPSA) is 18.5 Å². The molecule has 112 valence electrons. The van der Waals surface area contributed by atoms with Crippen molar-refractivity contribution in [3.63, 3.8) is 0 Å². The van der Waals surface area contributed by atoms with Gasteiger partial charge in [0.15, 0.2) is 5.75 Å². The van der Waals surface area contributed by atoms with Gasteiger partial charge in [-0.15, -0.1) is 0 Å². The van der Waals surface area contributed by atoms with E-state index in [2.05, 4.69) is 0 Å². The summed E-state index contributed by atoms with van der Waals surface area (Å²) < 4.78 is 75.1. The van der Waals surface area contributed by atoms with Crippen molar-refractivity contribution in [3.05, 3.63) is 58.9 Å². The van der Waals surface area contributed by atoms with Crippen molar-refractivity contribution in [2.45, 2.75) is 6.61 Å². The second-order valence-electron chi connectivity index (χ2n) is 4.04. The lowest BCUT2D eigenvalue weighted by Gasteiger charge is -2.10. The molecule has 0 aliphatic carbocycles. The third-order valence-corrected chi connectivity index (χ3v) is 2.71. The molecule has 0 saturated carbocycles. The summed E-state index contributed by atoms with van der Waals surface area (Å²) in [5.41, 5.74) is 0.472. The lowest BCUT2D eigenvalue weighted by molar-refractivity contribution is 0.253. The Hall–Kier alpha value is -2.31. The molecule has 0 saturated heterocycles. The quantitative estimate of drug-likeness (QED) is 0.483. The first-order valence-corrected chi connectivity index (χ1v) is 5.73. The van der Waals surface area contributed by atoms with Crippen LogP contribution >= 0.6 is 0 Å². The molecule has 0 aromatic heterocycles. The maximum Gasteiger partial charge on any atom is 0.207 e. The molecule has 0 heterocycles. The number of hydrogen-bond acceptors (Lipinski definition) is 2. The molecule has 0 aliphatic heterocycles. The van der Waals surface area contributed by atoms with Crippen LogP contribution in [-0.2, 0) is 6.61 Å². The Morgan fingerprint density at radius 3 is 1.71 bits per heavy atom. The Bertz CT molecular complexity index is 626. The van der Waals surface area contributed by atoms with Gasteiger partial charge in [-0.1, -0.05) is 12.1 Å². The van der Waals surface area contributed by atoms with E-state index >= 15 is 0 Å². The van der Waals surface area contributed by atoms with Gasteiger partial charge in [-0.2, -0.15) is 8.78 Å². The minimum Gasteiger partial charge on any atom is -0.497 e. The van der Waals surface area contributed by atoms with Crippen LogP contribution in [0.1, 0.15) is 5.56 Å². The predicted octanol–water partition coefficient (Wildman–Crippen LogP) is 3.97. The fourth-order valence-corrected chi connectivity index (χ4v) is 1.59. The fourth-order valence-electron chi connectivity index (χ4n) is 1.59. The molecule has 0 unspecified atom stereocenters. The van der Waals surface area contributed by atoms with Crippen LogP contribution in [0.15, 0.2) is 24.3 Å². The summed E-state index contributed by atoms with van der Waals surface area (Å²) >= 11 is 0. The smallest absolute Gasteiger partial charge is 0.207 e. The summed E-state index contributed by atoms with van der Waals surface area (Å²) in [6.07, 6.45) is 0. The molecule has 0 aliphatic rings. The van der Waals surface area contributed by atoms with Crippen LogP contribution in [0.5, 0.6) is 11.5 Å². The minimum atomic E-state index is -2.22. The molecule has 0 N–H and O–H groups in total. The maximum absolute atomic E-state index is 13.4. The van der Waals surface area contributed by atoms with E-state index in [0.29, 0.717) is 11.3 Å². The van der Waals surface area contributed by atoms with Crippen LogP contribution in [0.25, 0.3) is 0 Å². The summed E-state index contributed by atoms with van der Waals surface area (Å²) in [7, 11) is 1.46. The molecule has 21 heavy (non-hydrogen) atoms. The van der Waals surface area contributed by atoms with E-state index in [4.69, 9.17) is 9.47 Å². The summed E-state index contributed by atoms with van der Waals surface area (Å²) in [4.78, 5) is 0. The molecule has 0 amide bonds. The zero-order chi connectivity index (χ0) is 15.6. The molecule has 0 spiro atoms. The van der Waals surface area contributed by atoms with Gasteiger partial charge in [-0.25, -0.2) is 13.2 Å². The van der Waals surface area contributed by atoms with Crippen LogP contribution in [0.2, 0.25) is 0 Å². The van der Waals surface area contributed by atoms with Crippen molar-refractivity contribution in [2.24, 2.45) is 0 Å². The maximum atomic E-state index is 13.4. The lowest BCUT2D eigenvalue weighted by Crippen LogP contribution is -2.07. The monoisotopic (exact) mass is 304 g/mol. The molecule has 0 radical (unpaired) electrons. The standard InChI is InChI=1S/C14H9F5O2/c1-20-8-4-2-7(3-5-8)6-21-14-12(18)10(16)9(15)11(17)13(14)19/h2-5H,6H2,1H3. The first kappa shape index (κ1) is 15.1. The Morgan fingerprint density at radius 2 is 1.24 bits per heavy atom. The number of rotatable bonds is 4. The molecule has 0 fully saturated rings. The third-order valence-electron chi connectivity index (χ3n) is 2.71. The second kappa shape index (κ2) is 5.99. The molecular formula is C14H9F5O2. The van der Waals surface area contributed by atoms with Crippen molar-refractivity contribution < 1.29 is 31.4 Å². The highest BCUT2D eigenvalue weighted by Gasteiger charge is 2.26. The number of ether oxygens (including phenoxy) is 2. The Kier molecular flexibility index (Phi) is 4.30. The Balaban J connectivity index is 2.23. The molecular weight excluding hydrogens is 295 g/mol. The van der Waals surface area contributed by atoms with Crippen molar-refractivity contribution in [2.75, 3.05) is 7.11 Å². The van der Waals surface area contributed by atoms with E-state index in [1.54, 1.807) is 12.1 Å². The normalized spacial score (nSPS) is 10.6. The average molecular weight is 304 g/mol. The highest BCUT2D eigenvalue weighted by molar-refractivity contribution is 5.31. The zero-order valence-electron chi connectivity index (χ0n) is 10.7. The van der Waals surface area contributed by atoms with Gasteiger partial charge in [0.1, 0.15) is 12.4 Å². The fraction of sp³-hybridized carbons (Fsp3) is 0.143. The highest BCUT2D eigenvalue weighted by atomic mass is 19.2. The molecule has 2 aromatic carbocycles. The van der Waals surface area contributed by atoms with Crippen molar-refractivity contribution in [1.82, 2.24) is 0 Å². The largest absolute Gasteiger partial charge is 0.497 e. The third kappa shape index (κ3) is 2.91. The molecule has 2 rings (SSSR count). The van der Waals surface area contributed by atoms with Crippen LogP contribution in [-0.4, -0.2) is 7.11 Å². The summed E-state index contributed by atoms with van der Waals surface area (Å²) in [6, 6.07) is 6.20. The van der Waals surface area contributed by atoms with Crippen molar-refractivity contribution >= 4 is 0 Å². The van der Waals surface area contributed by atoms with Crippen molar-refractivity contribution in [1.29, 1.82) is 0 Å². The van der Waals surface area contributed by atoms with Gasteiger partial charge in [0.2, 0.25) is 29.1 Å². The highest BCUT2D eigenvalue weighted by Crippen LogP contribution is 2.29. The van der Waals surface area contributed by atoms with Gasteiger partial charge < -0.3 is 9.47 Å². The second-order valence-corrected chi connectivity index (χ2v) is 4.04. The van der Waals surface area contributed by atoms with Gasteiger partial charge in [-0.3, -0.25) is 0 Å². The van der Waals surface area contributed by atoms with Crippen molar-refractivity contribution in [3.8, 4) is 11.5 Å². The van der Waals surface area contributed by atoms with Gasteiger partial charge in [0.05, 0.1) is 7.11 Å². The zero-order valence-corrected chi connectivity index (χ0v) is 10.7. The number of methoxy groups -OCH3 is 1. The average Bonchev–Trinajstić information content (AvgIpc) is 2.51. The lowest BCUT2D eigenvalue weighted by atomic mass is 10.2. The number of halogens is 5. The van der Waals surface area contributed by atoms with Crippen LogP contribution in [0.4, 0.5) is 22.0 Å². The van der Waals surface area contributed by atoms with Crippen LogP contribution in [0, 0.1) is 29.1 Å². The summed E-state index contributed by atoms with van der Waals surface area (Å²) in [6.45, 7) is -0.359. The van der Waals surface area contributed by atoms with Gasteiger partial charge in [0.25, 0.3) is 0 Å². The summed E-state index contributed by atoms with van der Waals surface area (Å²) in [5.74, 6) is -11.1. The van der Waals surface area contributed by atoms with E-state index in [0.717, 1.165) is 0 Å². The predicted molar refractivity (Wildman–Crippen MR) is 63.6 cm³/mol. The SMILES string of the molecule is COc1ccc(COc2c(F)c(F)c(F)c(F)c2F)cc1. The molecule has 2 nitrogen and oxygen atoms in total. The number of benzene rings is 2. The summed E-state index contributed by atoms with van der Waals surface area (Å²) in [5, 5.41) is 0. The van der Waals surface area contributed by atoms with E-state index < -0.39 is 34.8 Å². The van der Waals surface area contributed by atoms with E-state index in [9.17, 15) is 22.0 Å². The first-order valence-electron chi connectivity index (χ1n) is 5.73. The van der Waals surface area contributed by atoms with Gasteiger partial charge in [-0.05, 0) is 17.7 Å². The van der Waals surface area contributed by atoms with Gasteiger partial charge >= 0.3 is 0 Å².